The van der Waals surface area contributed by atoms with Gasteiger partial charge in [-0.2, -0.15) is 48.5 Å². The lowest BCUT2D eigenvalue weighted by molar-refractivity contribution is 0.0203. The van der Waals surface area contributed by atoms with Crippen LogP contribution in [-0.2, 0) is 17.6 Å². The van der Waals surface area contributed by atoms with Crippen LogP contribution in [0.25, 0.3) is 34.1 Å². The molecule has 0 atom stereocenters. The molecule has 2 aliphatic heterocycles. The number of rotatable bonds is 10. The van der Waals surface area contributed by atoms with Crippen LogP contribution in [0, 0.1) is 34.3 Å². The second kappa shape index (κ2) is 21.3. The van der Waals surface area contributed by atoms with Crippen molar-refractivity contribution in [2.75, 3.05) is 50.1 Å². The number of hydrogen-bond acceptors (Lipinski definition) is 17. The maximum Gasteiger partial charge on any atom is 0.410 e. The van der Waals surface area contributed by atoms with Crippen LogP contribution in [0.4, 0.5) is 35.5 Å². The van der Waals surface area contributed by atoms with Gasteiger partial charge < -0.3 is 24.8 Å². The lowest BCUT2D eigenvalue weighted by atomic mass is 9.93. The number of halogens is 2. The van der Waals surface area contributed by atoms with Crippen LogP contribution in [0.3, 0.4) is 0 Å². The summed E-state index contributed by atoms with van der Waals surface area (Å²) in [6, 6.07) is 20.2. The molecule has 22 heteroatoms. The molecule has 2 saturated heterocycles. The zero-order chi connectivity index (χ0) is 51.6. The molecule has 10 rings (SSSR count). The first kappa shape index (κ1) is 50.4. The summed E-state index contributed by atoms with van der Waals surface area (Å²) < 4.78 is 45.4. The van der Waals surface area contributed by atoms with Gasteiger partial charge in [0.1, 0.15) is 17.2 Å². The molecule has 0 radical (unpaired) electrons. The molecule has 1 amide bonds. The number of hydrogen-bond donors (Lipinski definition) is 1. The highest BCUT2D eigenvalue weighted by atomic mass is 32.1. The monoisotopic (exact) mass is 1020 g/mol. The number of fused-ring (bicyclic) bond motifs is 2. The highest BCUT2D eigenvalue weighted by Gasteiger charge is 2.30. The van der Waals surface area contributed by atoms with Crippen molar-refractivity contribution in [1.29, 1.82) is 10.5 Å². The minimum absolute atomic E-state index is 0.181. The van der Waals surface area contributed by atoms with Crippen molar-refractivity contribution in [3.05, 3.63) is 106 Å². The van der Waals surface area contributed by atoms with Gasteiger partial charge in [0.25, 0.3) is 0 Å². The minimum Gasteiger partial charge on any atom is -0.444 e. The Morgan fingerprint density at radius 2 is 1.16 bits per heavy atom. The van der Waals surface area contributed by atoms with E-state index in [-0.39, 0.29) is 23.1 Å². The molecule has 8 aromatic rings. The first-order valence-corrected chi connectivity index (χ1v) is 25.7. The van der Waals surface area contributed by atoms with Crippen LogP contribution in [0.5, 0.6) is 0 Å². The van der Waals surface area contributed by atoms with E-state index >= 15 is 0 Å². The molecule has 8 heterocycles. The van der Waals surface area contributed by atoms with E-state index < -0.39 is 17.2 Å². The first-order valence-electron chi connectivity index (χ1n) is 24.2. The Bertz CT molecular complexity index is 3390. The summed E-state index contributed by atoms with van der Waals surface area (Å²) in [6.07, 6.45) is 4.87. The molecule has 0 spiro atoms. The topological polar surface area (TPSA) is 208 Å². The number of nitrogens with zero attached hydrogens (tertiary/aromatic N) is 15. The highest BCUT2D eigenvalue weighted by Crippen LogP contribution is 2.36. The van der Waals surface area contributed by atoms with Gasteiger partial charge in [-0.15, -0.1) is 0 Å². The minimum atomic E-state index is -0.522. The van der Waals surface area contributed by atoms with Crippen LogP contribution in [0.15, 0.2) is 60.7 Å². The van der Waals surface area contributed by atoms with Gasteiger partial charge >= 0.3 is 6.09 Å². The summed E-state index contributed by atoms with van der Waals surface area (Å²) in [6.45, 7) is 12.9. The summed E-state index contributed by atoms with van der Waals surface area (Å²) in [4.78, 5) is 37.0. The number of carbonyl (C=O) groups is 1. The third kappa shape index (κ3) is 10.7. The third-order valence-electron chi connectivity index (χ3n) is 12.8. The number of carbonyl (C=O) groups excluding carboxylic acids is 1. The van der Waals surface area contributed by atoms with Gasteiger partial charge in [0.2, 0.25) is 10.3 Å². The number of anilines is 4. The smallest absolute Gasteiger partial charge is 0.410 e. The maximum atomic E-state index is 13.6. The molecule has 18 nitrogen and oxygen atoms in total. The molecular formula is C51H54F2N16O2S2. The maximum absolute atomic E-state index is 13.6. The van der Waals surface area contributed by atoms with Crippen LogP contribution >= 0.6 is 23.1 Å². The molecular weight excluding hydrogens is 971 g/mol. The normalized spacial score (nSPS) is 14.4. The Balaban J connectivity index is 0.000000183. The third-order valence-corrected chi connectivity index (χ3v) is 14.4. The van der Waals surface area contributed by atoms with Crippen molar-refractivity contribution in [3.63, 3.8) is 0 Å². The lowest BCUT2D eigenvalue weighted by Gasteiger charge is -2.33. The molecule has 376 valence electrons. The summed E-state index contributed by atoms with van der Waals surface area (Å²) in [7, 11) is 3.80. The molecule has 6 aromatic heterocycles. The van der Waals surface area contributed by atoms with Gasteiger partial charge in [-0.25, -0.2) is 23.5 Å². The van der Waals surface area contributed by atoms with E-state index in [2.05, 4.69) is 37.0 Å². The van der Waals surface area contributed by atoms with Gasteiger partial charge in [-0.05, 0) is 133 Å². The summed E-state index contributed by atoms with van der Waals surface area (Å²) >= 11 is 2.40. The SMILES string of the molecule is CCc1nc2ccc(C3CCN(C(=O)OC(C)(C)C)CC3)nn2c1N(C)c1nc(-c2ccc(F)cc2C#N)ns1.CCc1nc2ccc(C3CCNCC3)nn2c1N(C)c1nc(-c2ccc(F)cc2C#N)ns1. The Labute approximate surface area is 429 Å². The van der Waals surface area contributed by atoms with Gasteiger partial charge in [0.15, 0.2) is 34.6 Å². The Hall–Kier alpha value is -7.53. The van der Waals surface area contributed by atoms with Crippen molar-refractivity contribution in [2.24, 2.45) is 0 Å². The summed E-state index contributed by atoms with van der Waals surface area (Å²) in [5, 5.41) is 33.4. The van der Waals surface area contributed by atoms with Gasteiger partial charge in [0, 0.05) is 73.2 Å². The van der Waals surface area contributed by atoms with Crippen molar-refractivity contribution in [3.8, 4) is 34.9 Å². The number of benzene rings is 2. The van der Waals surface area contributed by atoms with Crippen LogP contribution in [0.1, 0.15) is 106 Å². The second-order valence-corrected chi connectivity index (χ2v) is 20.3. The van der Waals surface area contributed by atoms with E-state index in [4.69, 9.17) is 24.9 Å². The Kier molecular flexibility index (Phi) is 14.7. The van der Waals surface area contributed by atoms with Crippen molar-refractivity contribution in [1.82, 2.24) is 58.1 Å². The average molecular weight is 1030 g/mol. The van der Waals surface area contributed by atoms with Gasteiger partial charge in [0.05, 0.1) is 46.0 Å². The Morgan fingerprint density at radius 1 is 0.712 bits per heavy atom. The highest BCUT2D eigenvalue weighted by molar-refractivity contribution is 7.10. The number of aromatic nitrogens is 10. The van der Waals surface area contributed by atoms with E-state index in [0.717, 1.165) is 90.9 Å². The fourth-order valence-corrected chi connectivity index (χ4v) is 10.3. The van der Waals surface area contributed by atoms with E-state index in [1.165, 1.54) is 59.5 Å². The molecule has 2 fully saturated rings. The first-order chi connectivity index (χ1) is 35.2. The standard InChI is InChI=1S/C28H31FN8O2S.C23H23FN8S/c1-6-21-25(35(5)26-32-24(34-40-26)20-8-7-19(29)15-18(20)16-30)37-23(31-21)10-9-22(33-37)17-11-13-36(14-12-17)27(38)39-28(2,3)4;1-3-18-22(32-20(27-18)7-6-19(29-32)14-8-10-26-11-9-14)31(2)23-28-21(30-33-23)17-5-4-16(24)12-15(17)13-25/h7-10,15,17H,6,11-14H2,1-5H3;4-7,12,14,26H,3,8-11H2,1-2H3. The van der Waals surface area contributed by atoms with Crippen LogP contribution in [0.2, 0.25) is 0 Å². The number of nitriles is 2. The van der Waals surface area contributed by atoms with Crippen molar-refractivity contribution < 1.29 is 18.3 Å². The van der Waals surface area contributed by atoms with Gasteiger partial charge in [-0.1, -0.05) is 13.8 Å². The number of likely N-dealkylation sites (tertiary alicyclic amines) is 1. The molecule has 2 aliphatic rings. The predicted molar refractivity (Wildman–Crippen MR) is 276 cm³/mol. The van der Waals surface area contributed by atoms with E-state index in [0.29, 0.717) is 58.5 Å². The predicted octanol–water partition coefficient (Wildman–Crippen LogP) is 9.76. The largest absolute Gasteiger partial charge is 0.444 e. The van der Waals surface area contributed by atoms with E-state index in [1.807, 2.05) is 91.0 Å². The van der Waals surface area contributed by atoms with E-state index in [9.17, 15) is 24.1 Å². The zero-order valence-electron chi connectivity index (χ0n) is 41.6. The number of amides is 1. The van der Waals surface area contributed by atoms with Gasteiger partial charge in [-0.3, -0.25) is 0 Å². The summed E-state index contributed by atoms with van der Waals surface area (Å²) in [5.41, 5.74) is 6.17. The van der Waals surface area contributed by atoms with Crippen molar-refractivity contribution in [2.45, 2.75) is 90.6 Å². The molecule has 0 aliphatic carbocycles. The number of ether oxygens (including phenoxy) is 1. The lowest BCUT2D eigenvalue weighted by Crippen LogP contribution is -2.41. The van der Waals surface area contributed by atoms with E-state index in [1.54, 1.807) is 4.90 Å². The van der Waals surface area contributed by atoms with Crippen molar-refractivity contribution >= 4 is 62.4 Å². The quantitative estimate of drug-likeness (QED) is 0.135. The second-order valence-electron chi connectivity index (χ2n) is 18.8. The molecule has 0 saturated carbocycles. The number of piperidine rings is 2. The zero-order valence-corrected chi connectivity index (χ0v) is 43.2. The van der Waals surface area contributed by atoms with Crippen LogP contribution < -0.4 is 15.1 Å². The molecule has 0 unspecified atom stereocenters. The molecule has 0 bridgehead atoms. The average Bonchev–Trinajstić information content (AvgIpc) is 4.23. The van der Waals surface area contributed by atoms with Crippen LogP contribution in [-0.4, -0.2) is 105 Å². The number of nitrogens with one attached hydrogen (secondary N) is 1. The molecule has 2 aromatic carbocycles. The Morgan fingerprint density at radius 3 is 1.59 bits per heavy atom. The fourth-order valence-electron chi connectivity index (χ4n) is 9.06. The number of aryl methyl sites for hydroxylation is 2. The fraction of sp³-hybridized carbons (Fsp3) is 0.392. The number of imidazole rings is 2. The molecule has 73 heavy (non-hydrogen) atoms. The molecule has 1 N–H and O–H groups in total. The summed E-state index contributed by atoms with van der Waals surface area (Å²) in [5.74, 6) is 2.08.